The molecule has 5 N–H and O–H groups in total. The van der Waals surface area contributed by atoms with Crippen molar-refractivity contribution in [2.24, 2.45) is 5.84 Å². The topological polar surface area (TPSA) is 80.2 Å². The lowest BCUT2D eigenvalue weighted by Gasteiger charge is -2.46. The molecule has 0 bridgehead atoms. The second-order valence-corrected chi connectivity index (χ2v) is 6.00. The molecule has 0 spiro atoms. The van der Waals surface area contributed by atoms with E-state index in [9.17, 15) is 0 Å². The summed E-state index contributed by atoms with van der Waals surface area (Å²) >= 11 is 0. The number of anilines is 1. The predicted octanol–water partition coefficient (Wildman–Crippen LogP) is 1.69. The van der Waals surface area contributed by atoms with Crippen molar-refractivity contribution in [2.45, 2.75) is 57.5 Å². The van der Waals surface area contributed by atoms with Crippen LogP contribution < -0.4 is 17.0 Å². The van der Waals surface area contributed by atoms with Gasteiger partial charge in [-0.3, -0.25) is 21.2 Å². The summed E-state index contributed by atoms with van der Waals surface area (Å²) in [5, 5.41) is 0. The Morgan fingerprint density at radius 3 is 2.52 bits per heavy atom. The number of rotatable bonds is 7. The number of hydrogen-bond donors (Lipinski definition) is 3. The van der Waals surface area contributed by atoms with E-state index < -0.39 is 0 Å². The van der Waals surface area contributed by atoms with E-state index in [-0.39, 0.29) is 11.6 Å². The zero-order valence-corrected chi connectivity index (χ0v) is 13.3. The van der Waals surface area contributed by atoms with Gasteiger partial charge in [-0.25, -0.2) is 0 Å². The summed E-state index contributed by atoms with van der Waals surface area (Å²) < 4.78 is 0. The van der Waals surface area contributed by atoms with Crippen LogP contribution in [0.15, 0.2) is 18.5 Å². The lowest BCUT2D eigenvalue weighted by molar-refractivity contribution is 0.0621. The van der Waals surface area contributed by atoms with Gasteiger partial charge in [-0.05, 0) is 56.8 Å². The predicted molar refractivity (Wildman–Crippen MR) is 87.6 cm³/mol. The van der Waals surface area contributed by atoms with Gasteiger partial charge < -0.3 is 5.73 Å². The van der Waals surface area contributed by atoms with Crippen molar-refractivity contribution < 1.29 is 0 Å². The number of likely N-dealkylation sites (tertiary alicyclic amines) is 1. The van der Waals surface area contributed by atoms with Crippen LogP contribution in [-0.4, -0.2) is 34.6 Å². The number of aromatic nitrogens is 1. The van der Waals surface area contributed by atoms with Gasteiger partial charge in [-0.15, -0.1) is 0 Å². The molecule has 1 aromatic rings. The fraction of sp³-hybridized carbons (Fsp3) is 0.688. The molecule has 118 valence electrons. The molecule has 1 saturated heterocycles. The highest BCUT2D eigenvalue weighted by atomic mass is 15.3. The molecule has 1 aliphatic rings. The summed E-state index contributed by atoms with van der Waals surface area (Å²) in [6.45, 7) is 6.86. The molecule has 1 aromatic heterocycles. The molecule has 21 heavy (non-hydrogen) atoms. The molecule has 5 heteroatoms. The molecule has 0 radical (unpaired) electrons. The number of hydrogen-bond acceptors (Lipinski definition) is 5. The maximum Gasteiger partial charge on any atom is 0.0436 e. The van der Waals surface area contributed by atoms with Gasteiger partial charge in [0.15, 0.2) is 0 Å². The molecule has 0 aromatic carbocycles. The van der Waals surface area contributed by atoms with E-state index in [0.29, 0.717) is 0 Å². The number of nitrogens with one attached hydrogen (secondary N) is 1. The molecule has 1 aliphatic heterocycles. The van der Waals surface area contributed by atoms with Gasteiger partial charge in [0.1, 0.15) is 0 Å². The summed E-state index contributed by atoms with van der Waals surface area (Å²) in [5.41, 5.74) is 11.1. The molecule has 1 atom stereocenters. The monoisotopic (exact) mass is 291 g/mol. The van der Waals surface area contributed by atoms with Crippen LogP contribution in [-0.2, 0) is 6.42 Å². The van der Waals surface area contributed by atoms with Crippen LogP contribution in [0.5, 0.6) is 0 Å². The fourth-order valence-corrected chi connectivity index (χ4v) is 3.81. The van der Waals surface area contributed by atoms with Crippen molar-refractivity contribution in [3.05, 3.63) is 24.0 Å². The highest BCUT2D eigenvalue weighted by molar-refractivity contribution is 5.45. The molecule has 0 saturated carbocycles. The minimum absolute atomic E-state index is 0.0908. The van der Waals surface area contributed by atoms with E-state index in [1.807, 2.05) is 12.3 Å². The van der Waals surface area contributed by atoms with Crippen LogP contribution in [0.2, 0.25) is 0 Å². The quantitative estimate of drug-likeness (QED) is 0.526. The van der Waals surface area contributed by atoms with Crippen molar-refractivity contribution in [2.75, 3.05) is 18.8 Å². The smallest absolute Gasteiger partial charge is 0.0436 e. The number of nitrogens with two attached hydrogens (primary N) is 2. The SMILES string of the molecule is CCC(CC)(C(Cc1cnccc1N)NN)N1CCCC1. The van der Waals surface area contributed by atoms with Gasteiger partial charge in [0.2, 0.25) is 0 Å². The van der Waals surface area contributed by atoms with Crippen molar-refractivity contribution in [3.63, 3.8) is 0 Å². The van der Waals surface area contributed by atoms with E-state index in [2.05, 4.69) is 29.2 Å². The highest BCUT2D eigenvalue weighted by Gasteiger charge is 2.41. The first-order valence-electron chi connectivity index (χ1n) is 8.07. The fourth-order valence-electron chi connectivity index (χ4n) is 3.81. The van der Waals surface area contributed by atoms with Crippen LogP contribution in [0.4, 0.5) is 5.69 Å². The molecule has 1 fully saturated rings. The van der Waals surface area contributed by atoms with E-state index in [1.54, 1.807) is 6.20 Å². The molecule has 0 amide bonds. The molecule has 2 heterocycles. The van der Waals surface area contributed by atoms with Crippen molar-refractivity contribution in [1.29, 1.82) is 0 Å². The molecule has 0 aliphatic carbocycles. The van der Waals surface area contributed by atoms with Crippen molar-refractivity contribution in [3.8, 4) is 0 Å². The first-order chi connectivity index (χ1) is 10.2. The Hall–Kier alpha value is -1.17. The summed E-state index contributed by atoms with van der Waals surface area (Å²) in [6.07, 6.45) is 9.14. The van der Waals surface area contributed by atoms with Gasteiger partial charge in [-0.1, -0.05) is 13.8 Å². The Morgan fingerprint density at radius 1 is 1.33 bits per heavy atom. The zero-order chi connectivity index (χ0) is 15.3. The lowest BCUT2D eigenvalue weighted by atomic mass is 9.80. The maximum atomic E-state index is 6.08. The maximum absolute atomic E-state index is 6.08. The average Bonchev–Trinajstić information content (AvgIpc) is 3.04. The largest absolute Gasteiger partial charge is 0.398 e. The van der Waals surface area contributed by atoms with Crippen LogP contribution in [0.3, 0.4) is 0 Å². The second-order valence-electron chi connectivity index (χ2n) is 6.00. The Morgan fingerprint density at radius 2 is 2.00 bits per heavy atom. The highest BCUT2D eigenvalue weighted by Crippen LogP contribution is 2.33. The van der Waals surface area contributed by atoms with Crippen LogP contribution >= 0.6 is 0 Å². The van der Waals surface area contributed by atoms with Gasteiger partial charge in [0, 0.05) is 29.7 Å². The van der Waals surface area contributed by atoms with Crippen molar-refractivity contribution >= 4 is 5.69 Å². The summed E-state index contributed by atoms with van der Waals surface area (Å²) in [5.74, 6) is 5.94. The summed E-state index contributed by atoms with van der Waals surface area (Å²) in [4.78, 5) is 6.82. The van der Waals surface area contributed by atoms with Crippen LogP contribution in [0.1, 0.15) is 45.1 Å². The molecule has 2 rings (SSSR count). The number of hydrazine groups is 1. The Kier molecular flexibility index (Phi) is 5.56. The van der Waals surface area contributed by atoms with E-state index in [1.165, 1.54) is 25.9 Å². The molecular formula is C16H29N5. The Balaban J connectivity index is 2.25. The summed E-state index contributed by atoms with van der Waals surface area (Å²) in [6, 6.07) is 2.04. The number of pyridine rings is 1. The standard InChI is InChI=1S/C16H29N5/c1-3-16(4-2,21-9-5-6-10-21)15(20-18)11-13-12-19-8-7-14(13)17/h7-8,12,15,20H,3-6,9-11,18H2,1-2H3,(H2,17,19). The van der Waals surface area contributed by atoms with Crippen LogP contribution in [0, 0.1) is 0 Å². The first kappa shape index (κ1) is 16.2. The van der Waals surface area contributed by atoms with Crippen molar-refractivity contribution in [1.82, 2.24) is 15.3 Å². The lowest BCUT2D eigenvalue weighted by Crippen LogP contribution is -2.62. The molecule has 1 unspecified atom stereocenters. The van der Waals surface area contributed by atoms with E-state index in [0.717, 1.165) is 30.5 Å². The number of nitrogens with zero attached hydrogens (tertiary/aromatic N) is 2. The minimum Gasteiger partial charge on any atom is -0.398 e. The van der Waals surface area contributed by atoms with Gasteiger partial charge >= 0.3 is 0 Å². The zero-order valence-electron chi connectivity index (χ0n) is 13.3. The average molecular weight is 291 g/mol. The Bertz CT molecular complexity index is 438. The van der Waals surface area contributed by atoms with E-state index in [4.69, 9.17) is 11.6 Å². The third-order valence-corrected chi connectivity index (χ3v) is 5.18. The van der Waals surface area contributed by atoms with Gasteiger partial charge in [-0.2, -0.15) is 0 Å². The summed E-state index contributed by atoms with van der Waals surface area (Å²) in [7, 11) is 0. The minimum atomic E-state index is 0.0908. The molecular weight excluding hydrogens is 262 g/mol. The first-order valence-corrected chi connectivity index (χ1v) is 8.07. The Labute approximate surface area is 128 Å². The third-order valence-electron chi connectivity index (χ3n) is 5.18. The van der Waals surface area contributed by atoms with Crippen LogP contribution in [0.25, 0.3) is 0 Å². The number of nitrogen functional groups attached to an aromatic ring is 1. The second kappa shape index (κ2) is 7.20. The third kappa shape index (κ3) is 3.20. The normalized spacial score (nSPS) is 18.0. The van der Waals surface area contributed by atoms with E-state index >= 15 is 0 Å². The van der Waals surface area contributed by atoms with Gasteiger partial charge in [0.05, 0.1) is 0 Å². The van der Waals surface area contributed by atoms with Gasteiger partial charge in [0.25, 0.3) is 0 Å². The molecule has 5 nitrogen and oxygen atoms in total.